The molecule has 0 bridgehead atoms. The minimum absolute atomic E-state index is 0.145. The van der Waals surface area contributed by atoms with Crippen molar-refractivity contribution in [1.29, 1.82) is 0 Å². The zero-order valence-electron chi connectivity index (χ0n) is 15.2. The van der Waals surface area contributed by atoms with Gasteiger partial charge in [-0.3, -0.25) is 9.59 Å². The summed E-state index contributed by atoms with van der Waals surface area (Å²) < 4.78 is 5.17. The maximum Gasteiger partial charge on any atom is 0.349 e. The first-order valence-electron chi connectivity index (χ1n) is 8.83. The summed E-state index contributed by atoms with van der Waals surface area (Å²) in [6.45, 7) is 5.18. The summed E-state index contributed by atoms with van der Waals surface area (Å²) in [6.07, 6.45) is 4.37. The van der Waals surface area contributed by atoms with Gasteiger partial charge in [-0.05, 0) is 38.2 Å². The number of carbonyl (C=O) groups excluding carboxylic acids is 2. The molecule has 2 atom stereocenters. The van der Waals surface area contributed by atoms with Crippen LogP contribution >= 0.6 is 11.3 Å². The number of rotatable bonds is 4. The van der Waals surface area contributed by atoms with Crippen LogP contribution in [0.15, 0.2) is 4.79 Å². The number of hydrogen-bond acceptors (Lipinski definition) is 6. The lowest BCUT2D eigenvalue weighted by Crippen LogP contribution is -2.42. The molecular formula is C18H23N3O4S. The molecule has 1 fully saturated rings. The van der Waals surface area contributed by atoms with Gasteiger partial charge in [0.25, 0.3) is 11.5 Å². The predicted molar refractivity (Wildman–Crippen MR) is 99.6 cm³/mol. The summed E-state index contributed by atoms with van der Waals surface area (Å²) >= 11 is 1.11. The molecule has 0 spiro atoms. The molecule has 0 aromatic carbocycles. The molecule has 3 rings (SSSR count). The Balaban J connectivity index is 1.66. The Labute approximate surface area is 155 Å². The SMILES string of the molecule is Cc1nc2sc(C(=O)OCC(=O)N[C@@H]3CCCC[C@H]3C)c(C)c2c(=O)[nH]1. The highest BCUT2D eigenvalue weighted by molar-refractivity contribution is 7.20. The van der Waals surface area contributed by atoms with Gasteiger partial charge in [-0.2, -0.15) is 0 Å². The molecule has 0 aliphatic heterocycles. The summed E-state index contributed by atoms with van der Waals surface area (Å²) in [7, 11) is 0. The number of aromatic amines is 1. The summed E-state index contributed by atoms with van der Waals surface area (Å²) in [5.41, 5.74) is 0.259. The number of thiophene rings is 1. The lowest BCUT2D eigenvalue weighted by Gasteiger charge is -2.29. The van der Waals surface area contributed by atoms with Crippen LogP contribution in [0.1, 0.15) is 53.7 Å². The molecule has 0 saturated heterocycles. The minimum atomic E-state index is -0.602. The Morgan fingerprint density at radius 2 is 2.04 bits per heavy atom. The van der Waals surface area contributed by atoms with Crippen molar-refractivity contribution in [2.45, 2.75) is 52.5 Å². The van der Waals surface area contributed by atoms with Gasteiger partial charge in [0, 0.05) is 6.04 Å². The second-order valence-electron chi connectivity index (χ2n) is 6.90. The average Bonchev–Trinajstić information content (AvgIpc) is 2.91. The van der Waals surface area contributed by atoms with Gasteiger partial charge < -0.3 is 15.0 Å². The summed E-state index contributed by atoms with van der Waals surface area (Å²) in [5.74, 6) is 0.0380. The van der Waals surface area contributed by atoms with E-state index in [2.05, 4.69) is 22.2 Å². The number of H-pyrrole nitrogens is 1. The molecule has 1 aliphatic rings. The molecule has 140 valence electrons. The molecule has 7 nitrogen and oxygen atoms in total. The van der Waals surface area contributed by atoms with Gasteiger partial charge in [-0.25, -0.2) is 9.78 Å². The first-order valence-corrected chi connectivity index (χ1v) is 9.65. The molecule has 0 radical (unpaired) electrons. The fraction of sp³-hybridized carbons (Fsp3) is 0.556. The highest BCUT2D eigenvalue weighted by Crippen LogP contribution is 2.27. The Hall–Kier alpha value is -2.22. The molecule has 26 heavy (non-hydrogen) atoms. The molecule has 1 saturated carbocycles. The van der Waals surface area contributed by atoms with E-state index in [1.807, 2.05) is 0 Å². The Morgan fingerprint density at radius 3 is 2.77 bits per heavy atom. The number of hydrogen-bond donors (Lipinski definition) is 2. The molecule has 2 aromatic rings. The highest BCUT2D eigenvalue weighted by Gasteiger charge is 2.24. The van der Waals surface area contributed by atoms with E-state index < -0.39 is 5.97 Å². The van der Waals surface area contributed by atoms with Crippen LogP contribution in [0.3, 0.4) is 0 Å². The van der Waals surface area contributed by atoms with Crippen molar-refractivity contribution < 1.29 is 14.3 Å². The molecular weight excluding hydrogens is 354 g/mol. The van der Waals surface area contributed by atoms with Gasteiger partial charge in [0.1, 0.15) is 15.5 Å². The zero-order valence-corrected chi connectivity index (χ0v) is 16.0. The van der Waals surface area contributed by atoms with Gasteiger partial charge in [0.15, 0.2) is 6.61 Å². The fourth-order valence-corrected chi connectivity index (χ4v) is 4.54. The Kier molecular flexibility index (Phi) is 5.41. The van der Waals surface area contributed by atoms with Crippen LogP contribution < -0.4 is 10.9 Å². The molecule has 1 amide bonds. The monoisotopic (exact) mass is 377 g/mol. The molecule has 0 unspecified atom stereocenters. The van der Waals surface area contributed by atoms with Crippen LogP contribution in [-0.4, -0.2) is 34.5 Å². The number of aromatic nitrogens is 2. The van der Waals surface area contributed by atoms with E-state index in [-0.39, 0.29) is 24.1 Å². The van der Waals surface area contributed by atoms with Crippen molar-refractivity contribution in [1.82, 2.24) is 15.3 Å². The van der Waals surface area contributed by atoms with E-state index in [4.69, 9.17) is 4.74 Å². The van der Waals surface area contributed by atoms with E-state index in [1.165, 1.54) is 6.42 Å². The fourth-order valence-electron chi connectivity index (χ4n) is 3.42. The number of aryl methyl sites for hydroxylation is 2. The summed E-state index contributed by atoms with van der Waals surface area (Å²) in [4.78, 5) is 44.2. The normalized spacial score (nSPS) is 20.1. The van der Waals surface area contributed by atoms with Crippen LogP contribution in [0.5, 0.6) is 0 Å². The van der Waals surface area contributed by atoms with E-state index in [0.717, 1.165) is 30.6 Å². The smallest absolute Gasteiger partial charge is 0.349 e. The molecule has 8 heteroatoms. The largest absolute Gasteiger partial charge is 0.451 e. The van der Waals surface area contributed by atoms with Crippen LogP contribution in [0.25, 0.3) is 10.2 Å². The van der Waals surface area contributed by atoms with Crippen molar-refractivity contribution in [3.8, 4) is 0 Å². The zero-order chi connectivity index (χ0) is 18.8. The highest BCUT2D eigenvalue weighted by atomic mass is 32.1. The van der Waals surface area contributed by atoms with E-state index >= 15 is 0 Å². The van der Waals surface area contributed by atoms with Crippen LogP contribution in [0, 0.1) is 19.8 Å². The first-order chi connectivity index (χ1) is 12.4. The van der Waals surface area contributed by atoms with E-state index in [9.17, 15) is 14.4 Å². The lowest BCUT2D eigenvalue weighted by atomic mass is 9.86. The van der Waals surface area contributed by atoms with Gasteiger partial charge >= 0.3 is 5.97 Å². The quantitative estimate of drug-likeness (QED) is 0.797. The van der Waals surface area contributed by atoms with Crippen molar-refractivity contribution in [3.63, 3.8) is 0 Å². The maximum atomic E-state index is 12.4. The summed E-state index contributed by atoms with van der Waals surface area (Å²) in [6, 6.07) is 0.145. The lowest BCUT2D eigenvalue weighted by molar-refractivity contribution is -0.125. The molecule has 1 aliphatic carbocycles. The first kappa shape index (κ1) is 18.6. The predicted octanol–water partition coefficient (Wildman–Crippen LogP) is 2.45. The van der Waals surface area contributed by atoms with Gasteiger partial charge in [0.05, 0.1) is 5.39 Å². The molecule has 2 aromatic heterocycles. The Bertz CT molecular complexity index is 902. The van der Waals surface area contributed by atoms with Crippen LogP contribution in [-0.2, 0) is 9.53 Å². The number of amides is 1. The van der Waals surface area contributed by atoms with Crippen LogP contribution in [0.4, 0.5) is 0 Å². The van der Waals surface area contributed by atoms with E-state index in [0.29, 0.717) is 32.4 Å². The third-order valence-corrected chi connectivity index (χ3v) is 6.06. The number of fused-ring (bicyclic) bond motifs is 1. The van der Waals surface area contributed by atoms with Crippen molar-refractivity contribution >= 4 is 33.4 Å². The van der Waals surface area contributed by atoms with E-state index in [1.54, 1.807) is 13.8 Å². The van der Waals surface area contributed by atoms with Gasteiger partial charge in [-0.1, -0.05) is 19.8 Å². The maximum absolute atomic E-state index is 12.4. The standard InChI is InChI=1S/C18H23N3O4S/c1-9-6-4-5-7-12(9)21-13(22)8-25-18(24)15-10(2)14-16(23)19-11(3)20-17(14)26-15/h9,12H,4-8H2,1-3H3,(H,21,22)(H,19,20,23)/t9-,12-/m1/s1. The number of nitrogens with one attached hydrogen (secondary N) is 2. The van der Waals surface area contributed by atoms with Crippen molar-refractivity contribution in [3.05, 3.63) is 26.6 Å². The third kappa shape index (κ3) is 3.80. The second kappa shape index (κ2) is 7.57. The van der Waals surface area contributed by atoms with Gasteiger partial charge in [0.2, 0.25) is 0 Å². The molecule has 2 N–H and O–H groups in total. The number of carbonyl (C=O) groups is 2. The van der Waals surface area contributed by atoms with Crippen molar-refractivity contribution in [2.75, 3.05) is 6.61 Å². The van der Waals surface area contributed by atoms with Crippen molar-refractivity contribution in [2.24, 2.45) is 5.92 Å². The third-order valence-electron chi connectivity index (χ3n) is 4.90. The average molecular weight is 377 g/mol. The van der Waals surface area contributed by atoms with Gasteiger partial charge in [-0.15, -0.1) is 11.3 Å². The number of ether oxygens (including phenoxy) is 1. The number of esters is 1. The Morgan fingerprint density at radius 1 is 1.31 bits per heavy atom. The number of nitrogens with zero attached hydrogens (tertiary/aromatic N) is 1. The van der Waals surface area contributed by atoms with Crippen LogP contribution in [0.2, 0.25) is 0 Å². The molecule has 2 heterocycles. The topological polar surface area (TPSA) is 101 Å². The second-order valence-corrected chi connectivity index (χ2v) is 7.90. The summed E-state index contributed by atoms with van der Waals surface area (Å²) in [5, 5.41) is 3.35. The minimum Gasteiger partial charge on any atom is -0.451 e.